The maximum absolute atomic E-state index is 4.76. The molecule has 1 aromatic rings. The number of aliphatic imine (C=N–C) groups is 1. The lowest BCUT2D eigenvalue weighted by Crippen LogP contribution is -2.03. The van der Waals surface area contributed by atoms with E-state index in [4.69, 9.17) is 4.99 Å². The normalized spacial score (nSPS) is 18.8. The summed E-state index contributed by atoms with van der Waals surface area (Å²) in [5.41, 5.74) is 2.46. The Morgan fingerprint density at radius 3 is 2.43 bits per heavy atom. The summed E-state index contributed by atoms with van der Waals surface area (Å²) in [4.78, 5) is 4.76. The second-order valence-corrected chi connectivity index (χ2v) is 4.02. The van der Waals surface area contributed by atoms with E-state index in [0.29, 0.717) is 6.04 Å². The van der Waals surface area contributed by atoms with Crippen LogP contribution in [-0.4, -0.2) is 11.8 Å². The Bertz CT molecular complexity index is 307. The summed E-state index contributed by atoms with van der Waals surface area (Å²) in [6, 6.07) is 11.1. The molecule has 0 aliphatic heterocycles. The van der Waals surface area contributed by atoms with Gasteiger partial charge >= 0.3 is 0 Å². The minimum Gasteiger partial charge on any atom is -0.286 e. The van der Waals surface area contributed by atoms with E-state index in [2.05, 4.69) is 31.2 Å². The van der Waals surface area contributed by atoms with Crippen molar-refractivity contribution in [2.45, 2.75) is 38.6 Å². The monoisotopic (exact) mass is 187 g/mol. The van der Waals surface area contributed by atoms with Gasteiger partial charge in [0.15, 0.2) is 0 Å². The van der Waals surface area contributed by atoms with Crippen molar-refractivity contribution < 1.29 is 0 Å². The first-order valence-electron chi connectivity index (χ1n) is 5.46. The molecular weight excluding hydrogens is 170 g/mol. The molecule has 0 heterocycles. The minimum atomic E-state index is 0.593. The van der Waals surface area contributed by atoms with Gasteiger partial charge in [-0.2, -0.15) is 0 Å². The van der Waals surface area contributed by atoms with E-state index >= 15 is 0 Å². The third-order valence-corrected chi connectivity index (χ3v) is 2.89. The highest BCUT2D eigenvalue weighted by Crippen LogP contribution is 2.21. The average molecular weight is 187 g/mol. The predicted molar refractivity (Wildman–Crippen MR) is 60.9 cm³/mol. The van der Waals surface area contributed by atoms with E-state index in [1.807, 2.05) is 6.07 Å². The average Bonchev–Trinajstić information content (AvgIpc) is 2.72. The van der Waals surface area contributed by atoms with Gasteiger partial charge in [0.2, 0.25) is 0 Å². The first-order valence-corrected chi connectivity index (χ1v) is 5.46. The van der Waals surface area contributed by atoms with E-state index in [9.17, 15) is 0 Å². The van der Waals surface area contributed by atoms with E-state index in [0.717, 1.165) is 0 Å². The molecule has 0 aromatic heterocycles. The van der Waals surface area contributed by atoms with Crippen LogP contribution in [0.4, 0.5) is 0 Å². The van der Waals surface area contributed by atoms with Crippen LogP contribution in [0.5, 0.6) is 0 Å². The fraction of sp³-hybridized carbons (Fsp3) is 0.462. The molecule has 0 bridgehead atoms. The van der Waals surface area contributed by atoms with Gasteiger partial charge in [0.25, 0.3) is 0 Å². The molecule has 0 N–H and O–H groups in total. The molecule has 0 atom stereocenters. The maximum Gasteiger partial charge on any atom is 0.0503 e. The van der Waals surface area contributed by atoms with Crippen molar-refractivity contribution in [1.29, 1.82) is 0 Å². The van der Waals surface area contributed by atoms with E-state index in [-0.39, 0.29) is 0 Å². The molecule has 0 amide bonds. The van der Waals surface area contributed by atoms with Crippen LogP contribution in [0.25, 0.3) is 0 Å². The Morgan fingerprint density at radius 2 is 1.79 bits per heavy atom. The van der Waals surface area contributed by atoms with Crippen molar-refractivity contribution in [2.75, 3.05) is 0 Å². The third-order valence-electron chi connectivity index (χ3n) is 2.89. The number of rotatable bonds is 2. The zero-order chi connectivity index (χ0) is 9.80. The lowest BCUT2D eigenvalue weighted by atomic mass is 10.1. The fourth-order valence-corrected chi connectivity index (χ4v) is 2.06. The second-order valence-electron chi connectivity index (χ2n) is 4.02. The summed E-state index contributed by atoms with van der Waals surface area (Å²) in [6.07, 6.45) is 5.28. The van der Waals surface area contributed by atoms with Gasteiger partial charge in [0, 0.05) is 5.71 Å². The summed E-state index contributed by atoms with van der Waals surface area (Å²) < 4.78 is 0. The molecule has 1 nitrogen and oxygen atoms in total. The lowest BCUT2D eigenvalue weighted by Gasteiger charge is -2.05. The first-order chi connectivity index (χ1) is 6.86. The molecule has 1 fully saturated rings. The van der Waals surface area contributed by atoms with Crippen LogP contribution >= 0.6 is 0 Å². The predicted octanol–water partition coefficient (Wildman–Crippen LogP) is 3.44. The number of hydrogen-bond acceptors (Lipinski definition) is 1. The molecule has 14 heavy (non-hydrogen) atoms. The SMILES string of the molecule is C/C(=N/C1CCCC1)c1ccccc1. The van der Waals surface area contributed by atoms with Gasteiger partial charge in [-0.3, -0.25) is 4.99 Å². The van der Waals surface area contributed by atoms with Crippen molar-refractivity contribution >= 4 is 5.71 Å². The van der Waals surface area contributed by atoms with Crippen molar-refractivity contribution in [1.82, 2.24) is 0 Å². The van der Waals surface area contributed by atoms with Gasteiger partial charge in [-0.1, -0.05) is 43.2 Å². The third kappa shape index (κ3) is 2.22. The molecule has 0 radical (unpaired) electrons. The zero-order valence-corrected chi connectivity index (χ0v) is 8.74. The molecule has 0 unspecified atom stereocenters. The molecule has 1 aliphatic carbocycles. The quantitative estimate of drug-likeness (QED) is 0.629. The highest BCUT2D eigenvalue weighted by molar-refractivity contribution is 5.98. The molecule has 74 valence electrons. The second kappa shape index (κ2) is 4.41. The van der Waals surface area contributed by atoms with Crippen LogP contribution in [0.15, 0.2) is 35.3 Å². The summed E-state index contributed by atoms with van der Waals surface area (Å²) in [7, 11) is 0. The Morgan fingerprint density at radius 1 is 1.14 bits per heavy atom. The molecular formula is C13H17N. The standard InChI is InChI=1S/C13H17N/c1-11(12-7-3-2-4-8-12)14-13-9-5-6-10-13/h2-4,7-8,13H,5-6,9-10H2,1H3/b14-11-. The minimum absolute atomic E-state index is 0.593. The maximum atomic E-state index is 4.76. The van der Waals surface area contributed by atoms with Crippen LogP contribution in [0.2, 0.25) is 0 Å². The van der Waals surface area contributed by atoms with Gasteiger partial charge in [-0.15, -0.1) is 0 Å². The van der Waals surface area contributed by atoms with Gasteiger partial charge in [0.1, 0.15) is 0 Å². The number of nitrogens with zero attached hydrogens (tertiary/aromatic N) is 1. The fourth-order valence-electron chi connectivity index (χ4n) is 2.06. The van der Waals surface area contributed by atoms with E-state index in [1.165, 1.54) is 37.0 Å². The molecule has 1 saturated carbocycles. The largest absolute Gasteiger partial charge is 0.286 e. The van der Waals surface area contributed by atoms with Crippen molar-refractivity contribution in [3.8, 4) is 0 Å². The first kappa shape index (κ1) is 9.45. The number of hydrogen-bond donors (Lipinski definition) is 0. The van der Waals surface area contributed by atoms with Crippen molar-refractivity contribution in [2.24, 2.45) is 4.99 Å². The van der Waals surface area contributed by atoms with Crippen molar-refractivity contribution in [3.05, 3.63) is 35.9 Å². The molecule has 1 heteroatoms. The zero-order valence-electron chi connectivity index (χ0n) is 8.74. The molecule has 0 saturated heterocycles. The van der Waals surface area contributed by atoms with Crippen LogP contribution in [0, 0.1) is 0 Å². The van der Waals surface area contributed by atoms with Crippen molar-refractivity contribution in [3.63, 3.8) is 0 Å². The highest BCUT2D eigenvalue weighted by atomic mass is 14.8. The number of benzene rings is 1. The molecule has 0 spiro atoms. The van der Waals surface area contributed by atoms with E-state index in [1.54, 1.807) is 0 Å². The Balaban J connectivity index is 2.10. The van der Waals surface area contributed by atoms with Gasteiger partial charge < -0.3 is 0 Å². The van der Waals surface area contributed by atoms with Crippen LogP contribution in [0.1, 0.15) is 38.2 Å². The molecule has 1 aliphatic rings. The Hall–Kier alpha value is -1.11. The molecule has 2 rings (SSSR count). The Labute approximate surface area is 85.9 Å². The Kier molecular flexibility index (Phi) is 2.97. The topological polar surface area (TPSA) is 12.4 Å². The molecule has 1 aromatic carbocycles. The summed E-state index contributed by atoms with van der Waals surface area (Å²) >= 11 is 0. The van der Waals surface area contributed by atoms with Crippen LogP contribution < -0.4 is 0 Å². The smallest absolute Gasteiger partial charge is 0.0503 e. The summed E-state index contributed by atoms with van der Waals surface area (Å²) in [6.45, 7) is 2.12. The van der Waals surface area contributed by atoms with Gasteiger partial charge in [-0.25, -0.2) is 0 Å². The van der Waals surface area contributed by atoms with Crippen LogP contribution in [0.3, 0.4) is 0 Å². The lowest BCUT2D eigenvalue weighted by molar-refractivity contribution is 0.707. The van der Waals surface area contributed by atoms with Gasteiger partial charge in [-0.05, 0) is 25.3 Å². The highest BCUT2D eigenvalue weighted by Gasteiger charge is 2.13. The van der Waals surface area contributed by atoms with Crippen LogP contribution in [-0.2, 0) is 0 Å². The summed E-state index contributed by atoms with van der Waals surface area (Å²) in [5, 5.41) is 0. The van der Waals surface area contributed by atoms with Gasteiger partial charge in [0.05, 0.1) is 6.04 Å². The van der Waals surface area contributed by atoms with E-state index < -0.39 is 0 Å². The summed E-state index contributed by atoms with van der Waals surface area (Å²) in [5.74, 6) is 0.